The fourth-order valence-electron chi connectivity index (χ4n) is 3.19. The number of hydrogen-bond donors (Lipinski definition) is 2. The monoisotopic (exact) mass is 387 g/mol. The molecule has 4 aromatic rings. The summed E-state index contributed by atoms with van der Waals surface area (Å²) >= 11 is 6.06. The van der Waals surface area contributed by atoms with Gasteiger partial charge in [-0.3, -0.25) is 4.98 Å². The van der Waals surface area contributed by atoms with Crippen LogP contribution < -0.4 is 10.6 Å². The van der Waals surface area contributed by atoms with Crippen LogP contribution in [-0.4, -0.2) is 4.98 Å². The molecule has 3 aromatic carbocycles. The lowest BCUT2D eigenvalue weighted by Gasteiger charge is -2.11. The molecule has 0 aliphatic carbocycles. The standard InChI is InChI=1S/C24H22ClN3/c25-21-10-11-22-23(12-13-27-24(22)14-21)28-17-20-8-6-19(7-9-20)16-26-15-18-4-2-1-3-5-18/h1-14,26H,15-17H2,(H,27,28). The van der Waals surface area contributed by atoms with Gasteiger partial charge in [-0.2, -0.15) is 0 Å². The number of halogens is 1. The Morgan fingerprint density at radius 3 is 2.14 bits per heavy atom. The van der Waals surface area contributed by atoms with E-state index in [2.05, 4.69) is 64.1 Å². The Kier molecular flexibility index (Phi) is 5.86. The van der Waals surface area contributed by atoms with Crippen LogP contribution in [0.25, 0.3) is 10.9 Å². The fraction of sp³-hybridized carbons (Fsp3) is 0.125. The molecule has 4 rings (SSSR count). The molecule has 0 atom stereocenters. The Labute approximate surface area is 170 Å². The summed E-state index contributed by atoms with van der Waals surface area (Å²) in [6.07, 6.45) is 1.81. The maximum atomic E-state index is 6.06. The summed E-state index contributed by atoms with van der Waals surface area (Å²) in [5.41, 5.74) is 5.79. The number of nitrogens with zero attached hydrogens (tertiary/aromatic N) is 1. The third-order valence-corrected chi connectivity index (χ3v) is 4.95. The van der Waals surface area contributed by atoms with E-state index in [-0.39, 0.29) is 0 Å². The van der Waals surface area contributed by atoms with Crippen molar-refractivity contribution < 1.29 is 0 Å². The lowest BCUT2D eigenvalue weighted by Crippen LogP contribution is -2.12. The summed E-state index contributed by atoms with van der Waals surface area (Å²) in [5, 5.41) is 8.78. The molecular weight excluding hydrogens is 366 g/mol. The Hall–Kier alpha value is -2.88. The molecule has 0 spiro atoms. The first-order valence-corrected chi connectivity index (χ1v) is 9.76. The SMILES string of the molecule is Clc1ccc2c(NCc3ccc(CNCc4ccccc4)cc3)ccnc2c1. The van der Waals surface area contributed by atoms with Crippen molar-refractivity contribution in [3.8, 4) is 0 Å². The fourth-order valence-corrected chi connectivity index (χ4v) is 3.36. The largest absolute Gasteiger partial charge is 0.380 e. The van der Waals surface area contributed by atoms with Crippen LogP contribution in [0.1, 0.15) is 16.7 Å². The van der Waals surface area contributed by atoms with Gasteiger partial charge >= 0.3 is 0 Å². The molecule has 0 aliphatic heterocycles. The predicted octanol–water partition coefficient (Wildman–Crippen LogP) is 5.79. The second-order valence-electron chi connectivity index (χ2n) is 6.78. The van der Waals surface area contributed by atoms with Gasteiger partial charge in [0.25, 0.3) is 0 Å². The Bertz CT molecular complexity index is 1050. The molecule has 0 fully saturated rings. The molecule has 140 valence electrons. The quantitative estimate of drug-likeness (QED) is 0.421. The summed E-state index contributed by atoms with van der Waals surface area (Å²) < 4.78 is 0. The van der Waals surface area contributed by atoms with E-state index in [1.165, 1.54) is 16.7 Å². The minimum atomic E-state index is 0.702. The summed E-state index contributed by atoms with van der Waals surface area (Å²) in [6.45, 7) is 2.50. The van der Waals surface area contributed by atoms with Crippen LogP contribution in [0.2, 0.25) is 5.02 Å². The Balaban J connectivity index is 1.33. The minimum absolute atomic E-state index is 0.702. The molecule has 3 nitrogen and oxygen atoms in total. The highest BCUT2D eigenvalue weighted by molar-refractivity contribution is 6.31. The number of nitrogens with one attached hydrogen (secondary N) is 2. The third kappa shape index (κ3) is 4.69. The van der Waals surface area contributed by atoms with Gasteiger partial charge in [0.1, 0.15) is 0 Å². The smallest absolute Gasteiger partial charge is 0.0737 e. The number of rotatable bonds is 7. The van der Waals surface area contributed by atoms with Crippen molar-refractivity contribution >= 4 is 28.2 Å². The topological polar surface area (TPSA) is 37.0 Å². The average Bonchev–Trinajstić information content (AvgIpc) is 2.73. The van der Waals surface area contributed by atoms with E-state index in [1.54, 1.807) is 0 Å². The van der Waals surface area contributed by atoms with Crippen molar-refractivity contribution in [3.05, 3.63) is 107 Å². The summed E-state index contributed by atoms with van der Waals surface area (Å²) in [6, 6.07) is 27.0. The van der Waals surface area contributed by atoms with Crippen molar-refractivity contribution in [1.29, 1.82) is 0 Å². The molecule has 1 aromatic heterocycles. The third-order valence-electron chi connectivity index (χ3n) is 4.71. The summed E-state index contributed by atoms with van der Waals surface area (Å²) in [7, 11) is 0. The molecule has 0 amide bonds. The number of hydrogen-bond acceptors (Lipinski definition) is 3. The molecule has 0 saturated carbocycles. The maximum absolute atomic E-state index is 6.06. The molecule has 1 heterocycles. The van der Waals surface area contributed by atoms with Gasteiger partial charge in [0, 0.05) is 41.9 Å². The van der Waals surface area contributed by atoms with E-state index in [0.29, 0.717) is 5.02 Å². The first-order valence-electron chi connectivity index (χ1n) is 9.38. The zero-order valence-electron chi connectivity index (χ0n) is 15.5. The molecule has 0 aliphatic rings. The van der Waals surface area contributed by atoms with Gasteiger partial charge in [0.15, 0.2) is 0 Å². The Morgan fingerprint density at radius 2 is 1.39 bits per heavy atom. The lowest BCUT2D eigenvalue weighted by molar-refractivity contribution is 0.693. The molecular formula is C24H22ClN3. The maximum Gasteiger partial charge on any atom is 0.0737 e. The van der Waals surface area contributed by atoms with E-state index < -0.39 is 0 Å². The van der Waals surface area contributed by atoms with Gasteiger partial charge in [-0.1, -0.05) is 66.2 Å². The Morgan fingerprint density at radius 1 is 0.714 bits per heavy atom. The lowest BCUT2D eigenvalue weighted by atomic mass is 10.1. The van der Waals surface area contributed by atoms with Gasteiger partial charge in [-0.05, 0) is 41.0 Å². The first-order chi connectivity index (χ1) is 13.8. The van der Waals surface area contributed by atoms with Crippen LogP contribution in [-0.2, 0) is 19.6 Å². The van der Waals surface area contributed by atoms with E-state index in [9.17, 15) is 0 Å². The van der Waals surface area contributed by atoms with Crippen molar-refractivity contribution in [1.82, 2.24) is 10.3 Å². The van der Waals surface area contributed by atoms with E-state index >= 15 is 0 Å². The number of fused-ring (bicyclic) bond motifs is 1. The van der Waals surface area contributed by atoms with Crippen molar-refractivity contribution in [2.45, 2.75) is 19.6 Å². The molecule has 4 heteroatoms. The molecule has 2 N–H and O–H groups in total. The van der Waals surface area contributed by atoms with Crippen molar-refractivity contribution in [2.24, 2.45) is 0 Å². The van der Waals surface area contributed by atoms with Gasteiger partial charge in [0.05, 0.1) is 5.52 Å². The van der Waals surface area contributed by atoms with E-state index in [0.717, 1.165) is 36.2 Å². The highest BCUT2D eigenvalue weighted by Gasteiger charge is 2.03. The van der Waals surface area contributed by atoms with Crippen molar-refractivity contribution in [3.63, 3.8) is 0 Å². The molecule has 0 unspecified atom stereocenters. The molecule has 0 saturated heterocycles. The second kappa shape index (κ2) is 8.87. The van der Waals surface area contributed by atoms with Crippen LogP contribution in [0, 0.1) is 0 Å². The van der Waals surface area contributed by atoms with Crippen LogP contribution in [0.5, 0.6) is 0 Å². The summed E-state index contributed by atoms with van der Waals surface area (Å²) in [5.74, 6) is 0. The second-order valence-corrected chi connectivity index (χ2v) is 7.22. The zero-order chi connectivity index (χ0) is 19.2. The number of aromatic nitrogens is 1. The first kappa shape index (κ1) is 18.5. The van der Waals surface area contributed by atoms with E-state index in [4.69, 9.17) is 11.6 Å². The molecule has 0 bridgehead atoms. The van der Waals surface area contributed by atoms with Gasteiger partial charge in [-0.25, -0.2) is 0 Å². The predicted molar refractivity (Wildman–Crippen MR) is 118 cm³/mol. The van der Waals surface area contributed by atoms with Crippen molar-refractivity contribution in [2.75, 3.05) is 5.32 Å². The van der Waals surface area contributed by atoms with Gasteiger partial charge in [0.2, 0.25) is 0 Å². The van der Waals surface area contributed by atoms with Gasteiger partial charge in [-0.15, -0.1) is 0 Å². The van der Waals surface area contributed by atoms with Crippen LogP contribution in [0.4, 0.5) is 5.69 Å². The molecule has 28 heavy (non-hydrogen) atoms. The van der Waals surface area contributed by atoms with E-state index in [1.807, 2.05) is 36.5 Å². The number of anilines is 1. The van der Waals surface area contributed by atoms with Crippen LogP contribution >= 0.6 is 11.6 Å². The van der Waals surface area contributed by atoms with Crippen LogP contribution in [0.3, 0.4) is 0 Å². The number of pyridine rings is 1. The number of benzene rings is 3. The highest BCUT2D eigenvalue weighted by Crippen LogP contribution is 2.24. The zero-order valence-corrected chi connectivity index (χ0v) is 16.3. The normalized spacial score (nSPS) is 10.9. The molecule has 0 radical (unpaired) electrons. The van der Waals surface area contributed by atoms with Gasteiger partial charge < -0.3 is 10.6 Å². The summed E-state index contributed by atoms with van der Waals surface area (Å²) in [4.78, 5) is 4.39. The van der Waals surface area contributed by atoms with Crippen LogP contribution in [0.15, 0.2) is 85.1 Å². The highest BCUT2D eigenvalue weighted by atomic mass is 35.5. The average molecular weight is 388 g/mol. The minimum Gasteiger partial charge on any atom is -0.380 e.